The van der Waals surface area contributed by atoms with Crippen molar-refractivity contribution in [3.63, 3.8) is 0 Å². The molecule has 1 nitrogen and oxygen atoms in total. The molecule has 1 atom stereocenters. The van der Waals surface area contributed by atoms with Crippen molar-refractivity contribution < 1.29 is 0 Å². The molecule has 2 rings (SSSR count). The van der Waals surface area contributed by atoms with E-state index in [1.807, 2.05) is 0 Å². The zero-order chi connectivity index (χ0) is 13.0. The molecule has 0 saturated heterocycles. The molecule has 1 aliphatic carbocycles. The zero-order valence-electron chi connectivity index (χ0n) is 11.5. The Hall–Kier alpha value is -0.340. The van der Waals surface area contributed by atoms with Gasteiger partial charge in [0.2, 0.25) is 0 Å². The van der Waals surface area contributed by atoms with Crippen molar-refractivity contribution in [2.45, 2.75) is 52.0 Å². The minimum absolute atomic E-state index is 0.507. The smallest absolute Gasteiger partial charge is 0.0334 e. The van der Waals surface area contributed by atoms with Crippen LogP contribution in [-0.4, -0.2) is 6.54 Å². The van der Waals surface area contributed by atoms with E-state index in [9.17, 15) is 0 Å². The third-order valence-corrected chi connectivity index (χ3v) is 5.17. The van der Waals surface area contributed by atoms with Crippen LogP contribution in [0.25, 0.3) is 0 Å². The lowest BCUT2D eigenvalue weighted by molar-refractivity contribution is 0.400. The van der Waals surface area contributed by atoms with Crippen LogP contribution in [0.3, 0.4) is 0 Å². The largest absolute Gasteiger partial charge is 0.310 e. The van der Waals surface area contributed by atoms with Gasteiger partial charge in [0.15, 0.2) is 0 Å². The molecule has 0 heterocycles. The van der Waals surface area contributed by atoms with E-state index in [-0.39, 0.29) is 0 Å². The van der Waals surface area contributed by atoms with Gasteiger partial charge in [0, 0.05) is 10.5 Å². The average Bonchev–Trinajstić information content (AvgIpc) is 2.85. The number of hydrogen-bond donors (Lipinski definition) is 1. The Labute approximate surface area is 119 Å². The Bertz CT molecular complexity index is 383. The summed E-state index contributed by atoms with van der Waals surface area (Å²) in [6, 6.07) is 7.12. The SMILES string of the molecule is CCNC(CC1CCCC1)c1cccc(C)c1Br. The van der Waals surface area contributed by atoms with E-state index in [0.717, 1.165) is 12.5 Å². The van der Waals surface area contributed by atoms with Crippen molar-refractivity contribution in [2.75, 3.05) is 6.54 Å². The van der Waals surface area contributed by atoms with E-state index >= 15 is 0 Å². The Morgan fingerprint density at radius 2 is 2.06 bits per heavy atom. The van der Waals surface area contributed by atoms with Crippen molar-refractivity contribution in [3.05, 3.63) is 33.8 Å². The number of halogens is 1. The van der Waals surface area contributed by atoms with Crippen LogP contribution in [-0.2, 0) is 0 Å². The van der Waals surface area contributed by atoms with E-state index in [1.54, 1.807) is 0 Å². The summed E-state index contributed by atoms with van der Waals surface area (Å²) in [4.78, 5) is 0. The van der Waals surface area contributed by atoms with Crippen LogP contribution in [0.5, 0.6) is 0 Å². The number of hydrogen-bond acceptors (Lipinski definition) is 1. The van der Waals surface area contributed by atoms with Gasteiger partial charge in [-0.1, -0.05) is 66.7 Å². The van der Waals surface area contributed by atoms with Gasteiger partial charge < -0.3 is 5.32 Å². The van der Waals surface area contributed by atoms with Crippen LogP contribution in [0.2, 0.25) is 0 Å². The van der Waals surface area contributed by atoms with Gasteiger partial charge in [0.25, 0.3) is 0 Å². The summed E-state index contributed by atoms with van der Waals surface area (Å²) >= 11 is 3.76. The topological polar surface area (TPSA) is 12.0 Å². The summed E-state index contributed by atoms with van der Waals surface area (Å²) in [5, 5.41) is 3.66. The van der Waals surface area contributed by atoms with Gasteiger partial charge in [-0.15, -0.1) is 0 Å². The lowest BCUT2D eigenvalue weighted by Gasteiger charge is -2.23. The number of aryl methyl sites for hydroxylation is 1. The molecule has 2 heteroatoms. The molecule has 1 aliphatic rings. The first-order chi connectivity index (χ1) is 8.72. The highest BCUT2D eigenvalue weighted by atomic mass is 79.9. The molecule has 1 N–H and O–H groups in total. The minimum atomic E-state index is 0.507. The van der Waals surface area contributed by atoms with E-state index < -0.39 is 0 Å². The second kappa shape index (κ2) is 6.72. The van der Waals surface area contributed by atoms with Crippen LogP contribution < -0.4 is 5.32 Å². The first-order valence-electron chi connectivity index (χ1n) is 7.20. The van der Waals surface area contributed by atoms with Crippen molar-refractivity contribution in [3.8, 4) is 0 Å². The zero-order valence-corrected chi connectivity index (χ0v) is 13.1. The molecule has 0 aliphatic heterocycles. The summed E-state index contributed by atoms with van der Waals surface area (Å²) in [6.07, 6.45) is 6.99. The summed E-state index contributed by atoms with van der Waals surface area (Å²) in [5.74, 6) is 0.918. The van der Waals surface area contributed by atoms with E-state index in [4.69, 9.17) is 0 Å². The highest BCUT2D eigenvalue weighted by molar-refractivity contribution is 9.10. The highest BCUT2D eigenvalue weighted by Crippen LogP contribution is 2.35. The monoisotopic (exact) mass is 309 g/mol. The molecule has 0 bridgehead atoms. The lowest BCUT2D eigenvalue weighted by Crippen LogP contribution is -2.23. The van der Waals surface area contributed by atoms with Crippen molar-refractivity contribution in [1.82, 2.24) is 5.32 Å². The summed E-state index contributed by atoms with van der Waals surface area (Å²) in [5.41, 5.74) is 2.77. The molecule has 18 heavy (non-hydrogen) atoms. The van der Waals surface area contributed by atoms with Crippen LogP contribution in [0.1, 0.15) is 56.2 Å². The van der Waals surface area contributed by atoms with E-state index in [0.29, 0.717) is 6.04 Å². The normalized spacial score (nSPS) is 18.2. The second-order valence-corrected chi connectivity index (χ2v) is 6.27. The van der Waals surface area contributed by atoms with Crippen LogP contribution >= 0.6 is 15.9 Å². The summed E-state index contributed by atoms with van der Waals surface area (Å²) < 4.78 is 1.29. The standard InChI is InChI=1S/C16H24BrN/c1-3-18-15(11-13-8-4-5-9-13)14-10-6-7-12(2)16(14)17/h6-7,10,13,15,18H,3-5,8-9,11H2,1-2H3. The molecule has 0 aromatic heterocycles. The average molecular weight is 310 g/mol. The lowest BCUT2D eigenvalue weighted by atomic mass is 9.93. The van der Waals surface area contributed by atoms with Gasteiger partial charge in [0.1, 0.15) is 0 Å². The molecule has 1 unspecified atom stereocenters. The Morgan fingerprint density at radius 1 is 1.33 bits per heavy atom. The third-order valence-electron chi connectivity index (χ3n) is 4.09. The summed E-state index contributed by atoms with van der Waals surface area (Å²) in [6.45, 7) is 5.41. The minimum Gasteiger partial charge on any atom is -0.310 e. The van der Waals surface area contributed by atoms with Gasteiger partial charge in [-0.05, 0) is 36.9 Å². The molecule has 1 aromatic rings. The predicted molar refractivity (Wildman–Crippen MR) is 81.9 cm³/mol. The van der Waals surface area contributed by atoms with Gasteiger partial charge in [-0.25, -0.2) is 0 Å². The van der Waals surface area contributed by atoms with Crippen LogP contribution in [0.15, 0.2) is 22.7 Å². The molecule has 0 amide bonds. The van der Waals surface area contributed by atoms with Gasteiger partial charge in [-0.3, -0.25) is 0 Å². The maximum Gasteiger partial charge on any atom is 0.0334 e. The van der Waals surface area contributed by atoms with Crippen molar-refractivity contribution in [2.24, 2.45) is 5.92 Å². The predicted octanol–water partition coefficient (Wildman–Crippen LogP) is 4.99. The van der Waals surface area contributed by atoms with E-state index in [1.165, 1.54) is 47.7 Å². The fourth-order valence-corrected chi connectivity index (χ4v) is 3.63. The molecule has 1 aromatic carbocycles. The Balaban J connectivity index is 2.14. The first-order valence-corrected chi connectivity index (χ1v) is 8.00. The first kappa shape index (κ1) is 14.1. The van der Waals surface area contributed by atoms with Crippen molar-refractivity contribution >= 4 is 15.9 Å². The molecule has 1 saturated carbocycles. The van der Waals surface area contributed by atoms with Gasteiger partial charge in [-0.2, -0.15) is 0 Å². The maximum absolute atomic E-state index is 3.76. The Morgan fingerprint density at radius 3 is 2.72 bits per heavy atom. The molecule has 0 radical (unpaired) electrons. The second-order valence-electron chi connectivity index (χ2n) is 5.47. The summed E-state index contributed by atoms with van der Waals surface area (Å²) in [7, 11) is 0. The maximum atomic E-state index is 3.76. The Kier molecular flexibility index (Phi) is 5.25. The van der Waals surface area contributed by atoms with Crippen LogP contribution in [0.4, 0.5) is 0 Å². The number of nitrogens with one attached hydrogen (secondary N) is 1. The highest BCUT2D eigenvalue weighted by Gasteiger charge is 2.22. The molecule has 0 spiro atoms. The fraction of sp³-hybridized carbons (Fsp3) is 0.625. The molecule has 100 valence electrons. The van der Waals surface area contributed by atoms with Gasteiger partial charge in [0.05, 0.1) is 0 Å². The molecular weight excluding hydrogens is 286 g/mol. The molecular formula is C16H24BrN. The van der Waals surface area contributed by atoms with Crippen molar-refractivity contribution in [1.29, 1.82) is 0 Å². The number of rotatable bonds is 5. The fourth-order valence-electron chi connectivity index (χ4n) is 3.09. The van der Waals surface area contributed by atoms with Gasteiger partial charge >= 0.3 is 0 Å². The number of benzene rings is 1. The van der Waals surface area contributed by atoms with Crippen LogP contribution in [0, 0.1) is 12.8 Å². The third kappa shape index (κ3) is 3.36. The van der Waals surface area contributed by atoms with E-state index in [2.05, 4.69) is 53.3 Å². The molecule has 1 fully saturated rings. The quantitative estimate of drug-likeness (QED) is 0.808.